The molecule has 1 nitrogen and oxygen atoms in total. The minimum atomic E-state index is -1.83. The van der Waals surface area contributed by atoms with Gasteiger partial charge in [-0.2, -0.15) is 0 Å². The van der Waals surface area contributed by atoms with Crippen molar-refractivity contribution in [2.24, 2.45) is 23.7 Å². The van der Waals surface area contributed by atoms with E-state index in [-0.39, 0.29) is 0 Å². The summed E-state index contributed by atoms with van der Waals surface area (Å²) in [6.45, 7) is 0. The SMILES string of the molecule is S=P(S)(OC1CC2CCC1C2)C1CC2CCC1C2. The van der Waals surface area contributed by atoms with E-state index in [9.17, 15) is 0 Å². The average molecular weight is 302 g/mol. The molecule has 0 saturated heterocycles. The highest BCUT2D eigenvalue weighted by Crippen LogP contribution is 2.69. The molecule has 0 N–H and O–H groups in total. The summed E-state index contributed by atoms with van der Waals surface area (Å²) in [6.07, 6.45) is 11.6. The lowest BCUT2D eigenvalue weighted by atomic mass is 9.98. The van der Waals surface area contributed by atoms with Crippen LogP contribution in [0.3, 0.4) is 0 Å². The van der Waals surface area contributed by atoms with Crippen LogP contribution in [0, 0.1) is 23.7 Å². The van der Waals surface area contributed by atoms with Crippen molar-refractivity contribution < 1.29 is 4.52 Å². The van der Waals surface area contributed by atoms with E-state index in [1.807, 2.05) is 0 Å². The topological polar surface area (TPSA) is 9.23 Å². The maximum absolute atomic E-state index is 6.46. The van der Waals surface area contributed by atoms with Gasteiger partial charge in [0.25, 0.3) is 0 Å². The number of hydrogen-bond acceptors (Lipinski definition) is 2. The molecule has 4 heteroatoms. The Bertz CT molecular complexity index is 399. The summed E-state index contributed by atoms with van der Waals surface area (Å²) in [7, 11) is 0. The van der Waals surface area contributed by atoms with Crippen molar-refractivity contribution in [3.63, 3.8) is 0 Å². The molecule has 4 rings (SSSR count). The molecule has 4 fully saturated rings. The molecule has 0 aliphatic heterocycles. The Morgan fingerprint density at radius 2 is 1.56 bits per heavy atom. The smallest absolute Gasteiger partial charge is 0.120 e. The summed E-state index contributed by atoms with van der Waals surface area (Å²) < 4.78 is 6.46. The predicted octanol–water partition coefficient (Wildman–Crippen LogP) is 4.62. The first kappa shape index (κ1) is 12.7. The fourth-order valence-electron chi connectivity index (χ4n) is 5.20. The van der Waals surface area contributed by atoms with E-state index in [0.717, 1.165) is 23.7 Å². The van der Waals surface area contributed by atoms with Gasteiger partial charge >= 0.3 is 0 Å². The highest BCUT2D eigenvalue weighted by atomic mass is 32.9. The van der Waals surface area contributed by atoms with Gasteiger partial charge in [0, 0.05) is 5.66 Å². The molecule has 7 unspecified atom stereocenters. The van der Waals surface area contributed by atoms with Crippen molar-refractivity contribution in [2.75, 3.05) is 0 Å². The third kappa shape index (κ3) is 2.05. The Kier molecular flexibility index (Phi) is 3.16. The van der Waals surface area contributed by atoms with Crippen molar-refractivity contribution in [2.45, 2.75) is 63.1 Å². The van der Waals surface area contributed by atoms with Crippen molar-refractivity contribution >= 4 is 29.5 Å². The third-order valence-corrected chi connectivity index (χ3v) is 10.4. The van der Waals surface area contributed by atoms with Gasteiger partial charge in [0.15, 0.2) is 0 Å². The van der Waals surface area contributed by atoms with E-state index < -0.39 is 5.47 Å². The summed E-state index contributed by atoms with van der Waals surface area (Å²) in [5.74, 6) is 3.58. The number of rotatable bonds is 3. The van der Waals surface area contributed by atoms with E-state index in [1.165, 1.54) is 51.4 Å². The number of fused-ring (bicyclic) bond motifs is 4. The zero-order valence-corrected chi connectivity index (χ0v) is 13.4. The Balaban J connectivity index is 1.45. The second-order valence-corrected chi connectivity index (χ2v) is 13.3. The van der Waals surface area contributed by atoms with Gasteiger partial charge in [-0.1, -0.05) is 18.2 Å². The molecular formula is C14H23OPS2. The molecule has 4 saturated carbocycles. The molecule has 0 spiro atoms. The van der Waals surface area contributed by atoms with Gasteiger partial charge in [0.2, 0.25) is 0 Å². The molecular weight excluding hydrogens is 279 g/mol. The summed E-state index contributed by atoms with van der Waals surface area (Å²) in [6, 6.07) is 0. The summed E-state index contributed by atoms with van der Waals surface area (Å²) >= 11 is 10.8. The molecule has 0 radical (unpaired) electrons. The second-order valence-electron chi connectivity index (χ2n) is 7.13. The summed E-state index contributed by atoms with van der Waals surface area (Å²) in [4.78, 5) is 0. The van der Waals surface area contributed by atoms with E-state index in [2.05, 4.69) is 0 Å². The lowest BCUT2D eigenvalue weighted by Gasteiger charge is -2.34. The molecule has 0 aromatic heterocycles. The second kappa shape index (κ2) is 4.48. The van der Waals surface area contributed by atoms with Crippen LogP contribution in [0.2, 0.25) is 0 Å². The van der Waals surface area contributed by atoms with Crippen LogP contribution in [0.5, 0.6) is 0 Å². The molecule has 4 aliphatic rings. The Morgan fingerprint density at radius 1 is 0.889 bits per heavy atom. The molecule has 4 bridgehead atoms. The van der Waals surface area contributed by atoms with Crippen LogP contribution in [0.25, 0.3) is 0 Å². The van der Waals surface area contributed by atoms with Gasteiger partial charge in [0.1, 0.15) is 5.47 Å². The van der Waals surface area contributed by atoms with Crippen molar-refractivity contribution in [1.29, 1.82) is 0 Å². The molecule has 0 heterocycles. The molecule has 102 valence electrons. The van der Waals surface area contributed by atoms with Gasteiger partial charge in [-0.05, 0) is 68.6 Å². The van der Waals surface area contributed by atoms with Crippen LogP contribution in [0.1, 0.15) is 51.4 Å². The Hall–Kier alpha value is 0.960. The minimum absolute atomic E-state index is 0.478. The molecule has 18 heavy (non-hydrogen) atoms. The normalized spacial score (nSPS) is 52.9. The third-order valence-electron chi connectivity index (χ3n) is 6.08. The van der Waals surface area contributed by atoms with Gasteiger partial charge in [-0.25, -0.2) is 0 Å². The van der Waals surface area contributed by atoms with E-state index in [1.54, 1.807) is 0 Å². The quantitative estimate of drug-likeness (QED) is 0.602. The van der Waals surface area contributed by atoms with Crippen LogP contribution in [0.15, 0.2) is 0 Å². The van der Waals surface area contributed by atoms with Crippen LogP contribution in [-0.4, -0.2) is 11.8 Å². The summed E-state index contributed by atoms with van der Waals surface area (Å²) in [5, 5.41) is 0. The van der Waals surface area contributed by atoms with E-state index >= 15 is 0 Å². The Labute approximate surface area is 121 Å². The fraction of sp³-hybridized carbons (Fsp3) is 1.00. The van der Waals surface area contributed by atoms with Gasteiger partial charge in [-0.15, -0.1) is 12.2 Å². The molecule has 0 aromatic rings. The van der Waals surface area contributed by atoms with Gasteiger partial charge in [-0.3, -0.25) is 0 Å². The molecule has 4 aliphatic carbocycles. The van der Waals surface area contributed by atoms with Gasteiger partial charge < -0.3 is 4.52 Å². The number of hydrogen-bond donors (Lipinski definition) is 1. The van der Waals surface area contributed by atoms with Crippen molar-refractivity contribution in [3.05, 3.63) is 0 Å². The van der Waals surface area contributed by atoms with Gasteiger partial charge in [0.05, 0.1) is 6.10 Å². The first-order valence-corrected chi connectivity index (χ1v) is 11.6. The van der Waals surface area contributed by atoms with E-state index in [0.29, 0.717) is 11.8 Å². The zero-order valence-electron chi connectivity index (χ0n) is 10.8. The molecule has 7 atom stereocenters. The van der Waals surface area contributed by atoms with Crippen LogP contribution >= 0.6 is 17.7 Å². The highest BCUT2D eigenvalue weighted by molar-refractivity contribution is 8.62. The molecule has 0 amide bonds. The Morgan fingerprint density at radius 3 is 2.06 bits per heavy atom. The lowest BCUT2D eigenvalue weighted by Crippen LogP contribution is -2.23. The zero-order chi connectivity index (χ0) is 12.3. The maximum Gasteiger partial charge on any atom is 0.120 e. The number of thiol groups is 1. The first-order chi connectivity index (χ1) is 8.62. The van der Waals surface area contributed by atoms with Crippen LogP contribution in [0.4, 0.5) is 0 Å². The monoisotopic (exact) mass is 302 g/mol. The lowest BCUT2D eigenvalue weighted by molar-refractivity contribution is 0.155. The van der Waals surface area contributed by atoms with Crippen LogP contribution < -0.4 is 0 Å². The van der Waals surface area contributed by atoms with Crippen LogP contribution in [-0.2, 0) is 16.3 Å². The minimum Gasteiger partial charge on any atom is -0.338 e. The summed E-state index contributed by atoms with van der Waals surface area (Å²) in [5.41, 5.74) is -1.19. The largest absolute Gasteiger partial charge is 0.338 e. The first-order valence-electron chi connectivity index (χ1n) is 7.62. The van der Waals surface area contributed by atoms with Crippen molar-refractivity contribution in [3.8, 4) is 0 Å². The molecule has 0 aromatic carbocycles. The highest BCUT2D eigenvalue weighted by Gasteiger charge is 2.48. The average Bonchev–Trinajstić information content (AvgIpc) is 3.08. The standard InChI is InChI=1S/C14H23OPS2/c17-16(18,14-8-10-2-4-12(14)6-10)15-13-7-9-1-3-11(13)5-9/h9-14H,1-8H2,(H,17,18). The predicted molar refractivity (Wildman–Crippen MR) is 82.8 cm³/mol. The fourth-order valence-corrected chi connectivity index (χ4v) is 9.69. The maximum atomic E-state index is 6.46. The van der Waals surface area contributed by atoms with Crippen molar-refractivity contribution in [1.82, 2.24) is 0 Å². The van der Waals surface area contributed by atoms with E-state index in [4.69, 9.17) is 28.6 Å².